The fourth-order valence-electron chi connectivity index (χ4n) is 2.64. The number of benzene rings is 2. The number of aromatic amines is 1. The molecule has 0 spiro atoms. The fourth-order valence-corrected chi connectivity index (χ4v) is 2.64. The normalized spacial score (nSPS) is 11.7. The van der Waals surface area contributed by atoms with Crippen molar-refractivity contribution >= 4 is 11.8 Å². The SMILES string of the molecule is Cc1ccc(-c2cc(C(=O)N[C@@H](Cc3ccc(O)cc3)C(N)=O)[nH]n2)cc1. The van der Waals surface area contributed by atoms with Crippen LogP contribution >= 0.6 is 0 Å². The summed E-state index contributed by atoms with van der Waals surface area (Å²) >= 11 is 0. The third kappa shape index (κ3) is 4.52. The van der Waals surface area contributed by atoms with Gasteiger partial charge in [0.05, 0.1) is 5.69 Å². The molecular weight excluding hydrogens is 344 g/mol. The summed E-state index contributed by atoms with van der Waals surface area (Å²) in [4.78, 5) is 24.2. The van der Waals surface area contributed by atoms with Crippen molar-refractivity contribution in [2.75, 3.05) is 0 Å². The highest BCUT2D eigenvalue weighted by molar-refractivity contribution is 5.96. The Kier molecular flexibility index (Phi) is 5.21. The van der Waals surface area contributed by atoms with Crippen LogP contribution in [0.4, 0.5) is 0 Å². The van der Waals surface area contributed by atoms with E-state index in [1.54, 1.807) is 18.2 Å². The molecule has 1 heterocycles. The third-order valence-corrected chi connectivity index (χ3v) is 4.19. The van der Waals surface area contributed by atoms with Gasteiger partial charge in [0.25, 0.3) is 5.91 Å². The molecule has 3 aromatic rings. The molecule has 0 aliphatic carbocycles. The van der Waals surface area contributed by atoms with Gasteiger partial charge in [0.15, 0.2) is 0 Å². The Balaban J connectivity index is 1.71. The van der Waals surface area contributed by atoms with E-state index >= 15 is 0 Å². The molecular formula is C20H20N4O3. The fraction of sp³-hybridized carbons (Fsp3) is 0.150. The van der Waals surface area contributed by atoms with Gasteiger partial charge in [0.2, 0.25) is 5.91 Å². The maximum atomic E-state index is 12.5. The van der Waals surface area contributed by atoms with Crippen LogP contribution in [0.15, 0.2) is 54.6 Å². The van der Waals surface area contributed by atoms with Gasteiger partial charge in [0.1, 0.15) is 17.5 Å². The Bertz CT molecular complexity index is 946. The zero-order chi connectivity index (χ0) is 19.4. The number of nitrogens with two attached hydrogens (primary N) is 1. The van der Waals surface area contributed by atoms with Crippen LogP contribution in [0.5, 0.6) is 5.75 Å². The summed E-state index contributed by atoms with van der Waals surface area (Å²) in [7, 11) is 0. The van der Waals surface area contributed by atoms with E-state index in [0.717, 1.165) is 16.7 Å². The number of primary amides is 1. The van der Waals surface area contributed by atoms with Crippen molar-refractivity contribution < 1.29 is 14.7 Å². The van der Waals surface area contributed by atoms with Gasteiger partial charge in [-0.15, -0.1) is 0 Å². The minimum atomic E-state index is -0.881. The number of H-pyrrole nitrogens is 1. The molecule has 5 N–H and O–H groups in total. The van der Waals surface area contributed by atoms with Crippen molar-refractivity contribution in [2.24, 2.45) is 5.73 Å². The number of phenolic OH excluding ortho intramolecular Hbond substituents is 1. The second kappa shape index (κ2) is 7.74. The van der Waals surface area contributed by atoms with Crippen LogP contribution in [0.3, 0.4) is 0 Å². The number of aromatic hydroxyl groups is 1. The van der Waals surface area contributed by atoms with E-state index in [2.05, 4.69) is 15.5 Å². The molecule has 138 valence electrons. The standard InChI is InChI=1S/C20H20N4O3/c1-12-2-6-14(7-3-12)16-11-18(24-23-16)20(27)22-17(19(21)26)10-13-4-8-15(25)9-5-13/h2-9,11,17,25H,10H2,1H3,(H2,21,26)(H,22,27)(H,23,24)/t17-/m0/s1. The third-order valence-electron chi connectivity index (χ3n) is 4.19. The van der Waals surface area contributed by atoms with Crippen LogP contribution < -0.4 is 11.1 Å². The molecule has 0 saturated carbocycles. The molecule has 0 bridgehead atoms. The summed E-state index contributed by atoms with van der Waals surface area (Å²) in [6, 6.07) is 14.9. The predicted molar refractivity (Wildman–Crippen MR) is 101 cm³/mol. The molecule has 0 aliphatic rings. The van der Waals surface area contributed by atoms with Gasteiger partial charge < -0.3 is 16.2 Å². The molecule has 27 heavy (non-hydrogen) atoms. The van der Waals surface area contributed by atoms with Crippen LogP contribution in [-0.4, -0.2) is 33.2 Å². The van der Waals surface area contributed by atoms with E-state index in [9.17, 15) is 14.7 Å². The minimum absolute atomic E-state index is 0.125. The highest BCUT2D eigenvalue weighted by atomic mass is 16.3. The second-order valence-electron chi connectivity index (χ2n) is 6.33. The van der Waals surface area contributed by atoms with Crippen molar-refractivity contribution in [3.63, 3.8) is 0 Å². The number of carbonyl (C=O) groups is 2. The largest absolute Gasteiger partial charge is 0.508 e. The van der Waals surface area contributed by atoms with Gasteiger partial charge >= 0.3 is 0 Å². The second-order valence-corrected chi connectivity index (χ2v) is 6.33. The first-order valence-corrected chi connectivity index (χ1v) is 8.43. The summed E-state index contributed by atoms with van der Waals surface area (Å²) in [5, 5.41) is 18.8. The van der Waals surface area contributed by atoms with Crippen molar-refractivity contribution in [1.29, 1.82) is 0 Å². The number of aromatic nitrogens is 2. The predicted octanol–water partition coefficient (Wildman–Crippen LogP) is 1.92. The van der Waals surface area contributed by atoms with E-state index in [4.69, 9.17) is 5.73 Å². The number of nitrogens with one attached hydrogen (secondary N) is 2. The summed E-state index contributed by atoms with van der Waals surface area (Å²) in [6.45, 7) is 1.99. The average Bonchev–Trinajstić information content (AvgIpc) is 3.13. The molecule has 1 atom stereocenters. The highest BCUT2D eigenvalue weighted by Gasteiger charge is 2.21. The first kappa shape index (κ1) is 18.2. The summed E-state index contributed by atoms with van der Waals surface area (Å²) in [5.74, 6) is -0.988. The number of amides is 2. The first-order valence-electron chi connectivity index (χ1n) is 8.43. The van der Waals surface area contributed by atoms with Crippen LogP contribution in [0.1, 0.15) is 21.6 Å². The smallest absolute Gasteiger partial charge is 0.269 e. The van der Waals surface area contributed by atoms with E-state index in [1.807, 2.05) is 31.2 Å². The Morgan fingerprint density at radius 1 is 1.15 bits per heavy atom. The highest BCUT2D eigenvalue weighted by Crippen LogP contribution is 2.18. The lowest BCUT2D eigenvalue weighted by Gasteiger charge is -2.15. The number of phenols is 1. The molecule has 0 unspecified atom stereocenters. The summed E-state index contributed by atoms with van der Waals surface area (Å²) in [6.07, 6.45) is 0.223. The number of nitrogens with zero attached hydrogens (tertiary/aromatic N) is 1. The van der Waals surface area contributed by atoms with E-state index in [1.165, 1.54) is 12.1 Å². The molecule has 7 nitrogen and oxygen atoms in total. The lowest BCUT2D eigenvalue weighted by molar-refractivity contribution is -0.119. The van der Waals surface area contributed by atoms with Gasteiger partial charge in [-0.2, -0.15) is 5.10 Å². The molecule has 0 radical (unpaired) electrons. The Morgan fingerprint density at radius 2 is 1.81 bits per heavy atom. The molecule has 2 amide bonds. The van der Waals surface area contributed by atoms with Gasteiger partial charge in [-0.25, -0.2) is 0 Å². The van der Waals surface area contributed by atoms with Crippen molar-refractivity contribution in [3.05, 3.63) is 71.4 Å². The number of aryl methyl sites for hydroxylation is 1. The Hall–Kier alpha value is -3.61. The van der Waals surface area contributed by atoms with Crippen molar-refractivity contribution in [3.8, 4) is 17.0 Å². The van der Waals surface area contributed by atoms with E-state index in [0.29, 0.717) is 5.69 Å². The zero-order valence-corrected chi connectivity index (χ0v) is 14.8. The maximum Gasteiger partial charge on any atom is 0.269 e. The number of carbonyl (C=O) groups excluding carboxylic acids is 2. The van der Waals surface area contributed by atoms with Crippen LogP contribution in [0, 0.1) is 6.92 Å². The van der Waals surface area contributed by atoms with Gasteiger partial charge in [-0.05, 0) is 30.7 Å². The molecule has 2 aromatic carbocycles. The van der Waals surface area contributed by atoms with Crippen LogP contribution in [0.25, 0.3) is 11.3 Å². The summed E-state index contributed by atoms with van der Waals surface area (Å²) < 4.78 is 0. The van der Waals surface area contributed by atoms with Gasteiger partial charge in [-0.3, -0.25) is 14.7 Å². The number of hydrogen-bond donors (Lipinski definition) is 4. The van der Waals surface area contributed by atoms with Crippen LogP contribution in [0.2, 0.25) is 0 Å². The van der Waals surface area contributed by atoms with Crippen LogP contribution in [-0.2, 0) is 11.2 Å². The lowest BCUT2D eigenvalue weighted by atomic mass is 10.0. The van der Waals surface area contributed by atoms with Gasteiger partial charge in [0, 0.05) is 12.0 Å². The molecule has 0 aliphatic heterocycles. The Labute approximate surface area is 156 Å². The molecule has 1 aromatic heterocycles. The maximum absolute atomic E-state index is 12.5. The monoisotopic (exact) mass is 364 g/mol. The topological polar surface area (TPSA) is 121 Å². The molecule has 3 rings (SSSR count). The van der Waals surface area contributed by atoms with Gasteiger partial charge in [-0.1, -0.05) is 42.0 Å². The van der Waals surface area contributed by atoms with Crippen molar-refractivity contribution in [2.45, 2.75) is 19.4 Å². The van der Waals surface area contributed by atoms with Crippen molar-refractivity contribution in [1.82, 2.24) is 15.5 Å². The number of rotatable bonds is 6. The van der Waals surface area contributed by atoms with E-state index in [-0.39, 0.29) is 17.9 Å². The summed E-state index contributed by atoms with van der Waals surface area (Å²) in [5.41, 5.74) is 9.07. The Morgan fingerprint density at radius 3 is 2.44 bits per heavy atom. The molecule has 0 saturated heterocycles. The molecule has 7 heteroatoms. The quantitative estimate of drug-likeness (QED) is 0.534. The minimum Gasteiger partial charge on any atom is -0.508 e. The van der Waals surface area contributed by atoms with E-state index < -0.39 is 17.9 Å². The zero-order valence-electron chi connectivity index (χ0n) is 14.8. The number of hydrogen-bond acceptors (Lipinski definition) is 4. The molecule has 0 fully saturated rings. The average molecular weight is 364 g/mol. The first-order chi connectivity index (χ1) is 12.9. The lowest BCUT2D eigenvalue weighted by Crippen LogP contribution is -2.46.